The maximum Gasteiger partial charge on any atom is 0.409 e. The Morgan fingerprint density at radius 3 is 2.63 bits per heavy atom. The Balaban J connectivity index is 1.55. The summed E-state index contributed by atoms with van der Waals surface area (Å²) >= 11 is 0. The van der Waals surface area contributed by atoms with Crippen molar-refractivity contribution < 1.29 is 14.3 Å². The molecule has 2 N–H and O–H groups in total. The number of nitrogens with zero attached hydrogens (tertiary/aromatic N) is 2. The van der Waals surface area contributed by atoms with Crippen molar-refractivity contribution in [2.45, 2.75) is 32.4 Å². The molecule has 0 aliphatic carbocycles. The molecule has 1 aliphatic heterocycles. The molecular weight excluding hydrogens is 380 g/mol. The summed E-state index contributed by atoms with van der Waals surface area (Å²) in [6.07, 6.45) is 1.44. The highest BCUT2D eigenvalue weighted by molar-refractivity contribution is 5.80. The Morgan fingerprint density at radius 2 is 1.93 bits per heavy atom. The van der Waals surface area contributed by atoms with E-state index in [1.165, 1.54) is 7.11 Å². The fourth-order valence-electron chi connectivity index (χ4n) is 3.46. The van der Waals surface area contributed by atoms with Gasteiger partial charge in [-0.3, -0.25) is 4.99 Å². The number of hydrogen-bond acceptors (Lipinski definition) is 4. The lowest BCUT2D eigenvalue weighted by Gasteiger charge is -2.32. The molecule has 30 heavy (non-hydrogen) atoms. The van der Waals surface area contributed by atoms with E-state index in [4.69, 9.17) is 9.47 Å². The first-order valence-electron chi connectivity index (χ1n) is 10.2. The summed E-state index contributed by atoms with van der Waals surface area (Å²) in [5.41, 5.74) is 2.20. The first-order chi connectivity index (χ1) is 14.6. The quantitative estimate of drug-likeness (QED) is 0.581. The molecule has 1 amide bonds. The highest BCUT2D eigenvalue weighted by Crippen LogP contribution is 2.25. The Hall–Kier alpha value is -3.22. The highest BCUT2D eigenvalue weighted by atomic mass is 16.5. The third-order valence-corrected chi connectivity index (χ3v) is 5.13. The number of piperidine rings is 1. The first-order valence-corrected chi connectivity index (χ1v) is 10.2. The number of nitrogens with one attached hydrogen (secondary N) is 2. The number of carbonyl (C=O) groups excluding carboxylic acids is 1. The molecule has 0 atom stereocenters. The summed E-state index contributed by atoms with van der Waals surface area (Å²) in [4.78, 5) is 17.7. The number of para-hydroxylation sites is 1. The molecule has 0 saturated carbocycles. The van der Waals surface area contributed by atoms with Crippen molar-refractivity contribution in [3.05, 3.63) is 59.7 Å². The molecule has 0 unspecified atom stereocenters. The van der Waals surface area contributed by atoms with E-state index in [0.29, 0.717) is 19.6 Å². The Labute approximate surface area is 178 Å². The molecule has 1 heterocycles. The van der Waals surface area contributed by atoms with Crippen LogP contribution in [0.5, 0.6) is 11.5 Å². The number of carbonyl (C=O) groups is 1. The number of amides is 1. The van der Waals surface area contributed by atoms with Gasteiger partial charge in [-0.1, -0.05) is 30.3 Å². The topological polar surface area (TPSA) is 75.2 Å². The number of aryl methyl sites for hydroxylation is 1. The predicted molar refractivity (Wildman–Crippen MR) is 118 cm³/mol. The van der Waals surface area contributed by atoms with Crippen molar-refractivity contribution in [2.24, 2.45) is 4.99 Å². The minimum atomic E-state index is -0.263. The third-order valence-electron chi connectivity index (χ3n) is 5.13. The highest BCUT2D eigenvalue weighted by Gasteiger charge is 2.23. The average molecular weight is 411 g/mol. The van der Waals surface area contributed by atoms with Crippen LogP contribution in [-0.4, -0.2) is 50.2 Å². The molecule has 0 bridgehead atoms. The second kappa shape index (κ2) is 10.5. The van der Waals surface area contributed by atoms with Gasteiger partial charge >= 0.3 is 6.09 Å². The van der Waals surface area contributed by atoms with Crippen molar-refractivity contribution in [1.82, 2.24) is 15.5 Å². The molecule has 160 valence electrons. The van der Waals surface area contributed by atoms with E-state index in [-0.39, 0.29) is 12.1 Å². The molecule has 0 aromatic heterocycles. The third kappa shape index (κ3) is 5.89. The Kier molecular flexibility index (Phi) is 7.54. The fraction of sp³-hybridized carbons (Fsp3) is 0.391. The average Bonchev–Trinajstić information content (AvgIpc) is 2.77. The maximum absolute atomic E-state index is 11.6. The SMILES string of the molecule is CN=C(NCc1ccccc1Oc1cccc(C)c1)NC1CCN(C(=O)OC)CC1. The maximum atomic E-state index is 11.6. The second-order valence-corrected chi connectivity index (χ2v) is 7.33. The van der Waals surface area contributed by atoms with Crippen LogP contribution in [0.2, 0.25) is 0 Å². The van der Waals surface area contributed by atoms with Gasteiger partial charge < -0.3 is 25.0 Å². The van der Waals surface area contributed by atoms with E-state index in [1.54, 1.807) is 11.9 Å². The van der Waals surface area contributed by atoms with Crippen LogP contribution < -0.4 is 15.4 Å². The van der Waals surface area contributed by atoms with Gasteiger partial charge in [0.25, 0.3) is 0 Å². The van der Waals surface area contributed by atoms with Crippen LogP contribution >= 0.6 is 0 Å². The van der Waals surface area contributed by atoms with Gasteiger partial charge in [0.15, 0.2) is 5.96 Å². The molecule has 0 radical (unpaired) electrons. The number of methoxy groups -OCH3 is 1. The van der Waals surface area contributed by atoms with Gasteiger partial charge in [-0.25, -0.2) is 4.79 Å². The number of hydrogen-bond donors (Lipinski definition) is 2. The number of rotatable bonds is 5. The standard InChI is InChI=1S/C23H30N4O3/c1-17-7-6-9-20(15-17)30-21-10-5-4-8-18(21)16-25-22(24-2)26-19-11-13-27(14-12-19)23(28)29-3/h4-10,15,19H,11-14,16H2,1-3H3,(H2,24,25,26). The van der Waals surface area contributed by atoms with E-state index < -0.39 is 0 Å². The van der Waals surface area contributed by atoms with E-state index in [1.807, 2.05) is 55.5 Å². The summed E-state index contributed by atoms with van der Waals surface area (Å²) < 4.78 is 10.9. The first kappa shape index (κ1) is 21.5. The summed E-state index contributed by atoms with van der Waals surface area (Å²) in [5.74, 6) is 2.37. The van der Waals surface area contributed by atoms with E-state index in [9.17, 15) is 4.79 Å². The minimum absolute atomic E-state index is 0.260. The molecule has 0 spiro atoms. The van der Waals surface area contributed by atoms with Gasteiger partial charge in [0.05, 0.1) is 7.11 Å². The van der Waals surface area contributed by atoms with E-state index in [2.05, 4.69) is 15.6 Å². The monoisotopic (exact) mass is 410 g/mol. The second-order valence-electron chi connectivity index (χ2n) is 7.33. The zero-order valence-corrected chi connectivity index (χ0v) is 17.9. The van der Waals surface area contributed by atoms with Crippen LogP contribution in [-0.2, 0) is 11.3 Å². The molecule has 1 saturated heterocycles. The van der Waals surface area contributed by atoms with E-state index in [0.717, 1.165) is 41.4 Å². The molecule has 1 aliphatic rings. The van der Waals surface area contributed by atoms with Crippen LogP contribution in [0, 0.1) is 6.92 Å². The number of benzene rings is 2. The number of aliphatic imine (C=N–C) groups is 1. The summed E-state index contributed by atoms with van der Waals surface area (Å²) in [7, 11) is 3.17. The summed E-state index contributed by atoms with van der Waals surface area (Å²) in [5, 5.41) is 6.82. The van der Waals surface area contributed by atoms with Crippen LogP contribution in [0.25, 0.3) is 0 Å². The molecule has 3 rings (SSSR count). The number of likely N-dealkylation sites (tertiary alicyclic amines) is 1. The van der Waals surface area contributed by atoms with Crippen molar-refractivity contribution in [1.29, 1.82) is 0 Å². The van der Waals surface area contributed by atoms with Gasteiger partial charge in [0.1, 0.15) is 11.5 Å². The smallest absolute Gasteiger partial charge is 0.409 e. The molecule has 7 nitrogen and oxygen atoms in total. The van der Waals surface area contributed by atoms with Crippen LogP contribution in [0.15, 0.2) is 53.5 Å². The van der Waals surface area contributed by atoms with Gasteiger partial charge in [0, 0.05) is 38.3 Å². The molecule has 2 aromatic carbocycles. The Bertz CT molecular complexity index is 876. The van der Waals surface area contributed by atoms with Gasteiger partial charge in [-0.2, -0.15) is 0 Å². The number of ether oxygens (including phenoxy) is 2. The largest absolute Gasteiger partial charge is 0.457 e. The zero-order chi connectivity index (χ0) is 21.3. The lowest BCUT2D eigenvalue weighted by molar-refractivity contribution is 0.111. The molecular formula is C23H30N4O3. The lowest BCUT2D eigenvalue weighted by Crippen LogP contribution is -2.49. The summed E-state index contributed by atoms with van der Waals surface area (Å²) in [6, 6.07) is 16.3. The van der Waals surface area contributed by atoms with Crippen molar-refractivity contribution in [2.75, 3.05) is 27.2 Å². The molecule has 2 aromatic rings. The Morgan fingerprint density at radius 1 is 1.17 bits per heavy atom. The zero-order valence-electron chi connectivity index (χ0n) is 17.9. The lowest BCUT2D eigenvalue weighted by atomic mass is 10.1. The van der Waals surface area contributed by atoms with Crippen LogP contribution in [0.3, 0.4) is 0 Å². The van der Waals surface area contributed by atoms with Crippen molar-refractivity contribution in [3.8, 4) is 11.5 Å². The predicted octanol–water partition coefficient (Wildman–Crippen LogP) is 3.68. The number of guanidine groups is 1. The van der Waals surface area contributed by atoms with Crippen molar-refractivity contribution >= 4 is 12.1 Å². The summed E-state index contributed by atoms with van der Waals surface area (Å²) in [6.45, 7) is 3.98. The van der Waals surface area contributed by atoms with Crippen LogP contribution in [0.4, 0.5) is 4.79 Å². The minimum Gasteiger partial charge on any atom is -0.457 e. The molecule has 1 fully saturated rings. The van der Waals surface area contributed by atoms with Gasteiger partial charge in [-0.15, -0.1) is 0 Å². The fourth-order valence-corrected chi connectivity index (χ4v) is 3.46. The molecule has 7 heteroatoms. The van der Waals surface area contributed by atoms with Gasteiger partial charge in [0.2, 0.25) is 0 Å². The normalized spacial score (nSPS) is 14.9. The van der Waals surface area contributed by atoms with Crippen LogP contribution in [0.1, 0.15) is 24.0 Å². The van der Waals surface area contributed by atoms with E-state index >= 15 is 0 Å². The van der Waals surface area contributed by atoms with Crippen molar-refractivity contribution in [3.63, 3.8) is 0 Å². The van der Waals surface area contributed by atoms with Gasteiger partial charge in [-0.05, 0) is 43.5 Å².